The summed E-state index contributed by atoms with van der Waals surface area (Å²) in [5.41, 5.74) is 0. The fourth-order valence-electron chi connectivity index (χ4n) is 2.32. The van der Waals surface area contributed by atoms with Crippen LogP contribution in [0.1, 0.15) is 25.7 Å². The normalized spacial score (nSPS) is 19.8. The maximum absolute atomic E-state index is 11.6. The van der Waals surface area contributed by atoms with Crippen LogP contribution in [-0.4, -0.2) is 34.7 Å². The van der Waals surface area contributed by atoms with E-state index in [-0.39, 0.29) is 4.90 Å². The molecule has 0 aliphatic carbocycles. The van der Waals surface area contributed by atoms with Gasteiger partial charge in [0.15, 0.2) is 0 Å². The van der Waals surface area contributed by atoms with Crippen molar-refractivity contribution < 1.29 is 13.2 Å². The van der Waals surface area contributed by atoms with Gasteiger partial charge in [0.05, 0.1) is 11.5 Å². The van der Waals surface area contributed by atoms with E-state index in [9.17, 15) is 8.42 Å². The molecule has 5 nitrogen and oxygen atoms in total. The molecule has 2 N–H and O–H groups in total. The van der Waals surface area contributed by atoms with Gasteiger partial charge >= 0.3 is 0 Å². The van der Waals surface area contributed by atoms with Crippen molar-refractivity contribution in [2.24, 2.45) is 0 Å². The molecule has 1 atom stereocenters. The van der Waals surface area contributed by atoms with Crippen LogP contribution in [0.5, 0.6) is 5.75 Å². The van der Waals surface area contributed by atoms with Crippen molar-refractivity contribution in [3.05, 3.63) is 24.3 Å². The molecule has 0 bridgehead atoms. The van der Waals surface area contributed by atoms with E-state index in [0.717, 1.165) is 13.0 Å². The van der Waals surface area contributed by atoms with Gasteiger partial charge in [-0.1, -0.05) is 6.42 Å². The molecule has 1 saturated heterocycles. The molecule has 1 fully saturated rings. The molecule has 1 aliphatic rings. The first kappa shape index (κ1) is 15.3. The molecule has 0 saturated carbocycles. The fourth-order valence-corrected chi connectivity index (χ4v) is 3.05. The molecular weight excluding hydrogens is 276 g/mol. The first-order valence-corrected chi connectivity index (χ1v) is 8.50. The van der Waals surface area contributed by atoms with Gasteiger partial charge in [-0.3, -0.25) is 0 Å². The zero-order valence-corrected chi connectivity index (χ0v) is 12.6. The number of sulfonamides is 1. The van der Waals surface area contributed by atoms with Crippen LogP contribution in [0.4, 0.5) is 0 Å². The minimum atomic E-state index is -3.37. The number of piperidine rings is 1. The van der Waals surface area contributed by atoms with Gasteiger partial charge in [0.1, 0.15) is 5.75 Å². The van der Waals surface area contributed by atoms with Crippen LogP contribution in [0, 0.1) is 0 Å². The standard InChI is InChI=1S/C14H22N2O3S/c1-15-20(17,18)14-7-5-13(6-8-14)19-11-9-12-4-2-3-10-16-12/h5-8,12,15-16H,2-4,9-11H2,1H3. The number of ether oxygens (including phenoxy) is 1. The van der Waals surface area contributed by atoms with Crippen molar-refractivity contribution in [2.75, 3.05) is 20.2 Å². The lowest BCUT2D eigenvalue weighted by atomic mass is 10.0. The maximum Gasteiger partial charge on any atom is 0.240 e. The smallest absolute Gasteiger partial charge is 0.240 e. The number of hydrogen-bond donors (Lipinski definition) is 2. The maximum atomic E-state index is 11.6. The van der Waals surface area contributed by atoms with Gasteiger partial charge < -0.3 is 10.1 Å². The Morgan fingerprint density at radius 2 is 2.05 bits per heavy atom. The van der Waals surface area contributed by atoms with E-state index in [2.05, 4.69) is 10.0 Å². The molecule has 1 aromatic rings. The first-order valence-electron chi connectivity index (χ1n) is 7.01. The lowest BCUT2D eigenvalue weighted by Crippen LogP contribution is -2.35. The summed E-state index contributed by atoms with van der Waals surface area (Å²) in [7, 11) is -1.97. The van der Waals surface area contributed by atoms with Crippen LogP contribution < -0.4 is 14.8 Å². The topological polar surface area (TPSA) is 67.4 Å². The van der Waals surface area contributed by atoms with Gasteiger partial charge in [0, 0.05) is 6.04 Å². The van der Waals surface area contributed by atoms with Gasteiger partial charge in [-0.2, -0.15) is 0 Å². The van der Waals surface area contributed by atoms with Gasteiger partial charge in [-0.05, 0) is 57.1 Å². The molecule has 0 spiro atoms. The van der Waals surface area contributed by atoms with Gasteiger partial charge in [-0.15, -0.1) is 0 Å². The van der Waals surface area contributed by atoms with Crippen LogP contribution in [-0.2, 0) is 10.0 Å². The first-order chi connectivity index (χ1) is 9.62. The molecule has 1 heterocycles. The van der Waals surface area contributed by atoms with Crippen LogP contribution >= 0.6 is 0 Å². The van der Waals surface area contributed by atoms with E-state index in [1.165, 1.54) is 26.3 Å². The average molecular weight is 298 g/mol. The summed E-state index contributed by atoms with van der Waals surface area (Å²) < 4.78 is 31.1. The van der Waals surface area contributed by atoms with E-state index in [1.807, 2.05) is 0 Å². The monoisotopic (exact) mass is 298 g/mol. The van der Waals surface area contributed by atoms with Crippen LogP contribution in [0.3, 0.4) is 0 Å². The van der Waals surface area contributed by atoms with Crippen molar-refractivity contribution in [2.45, 2.75) is 36.6 Å². The quantitative estimate of drug-likeness (QED) is 0.835. The Labute approximate surface area is 120 Å². The van der Waals surface area contributed by atoms with E-state index >= 15 is 0 Å². The Morgan fingerprint density at radius 3 is 2.65 bits per heavy atom. The Bertz CT molecular complexity index is 508. The summed E-state index contributed by atoms with van der Waals surface area (Å²) in [6.45, 7) is 1.75. The molecule has 1 aromatic carbocycles. The minimum Gasteiger partial charge on any atom is -0.494 e. The summed E-state index contributed by atoms with van der Waals surface area (Å²) in [4.78, 5) is 0.251. The molecule has 0 amide bonds. The molecule has 112 valence electrons. The summed E-state index contributed by atoms with van der Waals surface area (Å²) in [6, 6.07) is 7.05. The number of nitrogens with one attached hydrogen (secondary N) is 2. The predicted octanol–water partition coefficient (Wildman–Crippen LogP) is 1.51. The zero-order valence-electron chi connectivity index (χ0n) is 11.8. The number of hydrogen-bond acceptors (Lipinski definition) is 4. The molecule has 0 aromatic heterocycles. The van der Waals surface area contributed by atoms with E-state index in [1.54, 1.807) is 24.3 Å². The van der Waals surface area contributed by atoms with Crippen molar-refractivity contribution in [3.63, 3.8) is 0 Å². The highest BCUT2D eigenvalue weighted by Crippen LogP contribution is 2.17. The molecule has 20 heavy (non-hydrogen) atoms. The molecule has 6 heteroatoms. The number of benzene rings is 1. The molecule has 1 unspecified atom stereocenters. The zero-order chi connectivity index (χ0) is 14.4. The lowest BCUT2D eigenvalue weighted by Gasteiger charge is -2.23. The van der Waals surface area contributed by atoms with Crippen LogP contribution in [0.25, 0.3) is 0 Å². The second kappa shape index (κ2) is 7.06. The average Bonchev–Trinajstić information content (AvgIpc) is 2.49. The Morgan fingerprint density at radius 1 is 1.30 bits per heavy atom. The summed E-state index contributed by atoms with van der Waals surface area (Å²) >= 11 is 0. The molecule has 2 rings (SSSR count). The largest absolute Gasteiger partial charge is 0.494 e. The Kier molecular flexibility index (Phi) is 5.39. The highest BCUT2D eigenvalue weighted by Gasteiger charge is 2.13. The molecular formula is C14H22N2O3S. The summed E-state index contributed by atoms with van der Waals surface area (Å²) in [6.07, 6.45) is 4.74. The second-order valence-corrected chi connectivity index (χ2v) is 6.85. The van der Waals surface area contributed by atoms with Crippen molar-refractivity contribution >= 4 is 10.0 Å². The Balaban J connectivity index is 1.82. The SMILES string of the molecule is CNS(=O)(=O)c1ccc(OCCC2CCCCN2)cc1. The summed E-state index contributed by atoms with van der Waals surface area (Å²) in [5, 5.41) is 3.47. The third-order valence-corrected chi connectivity index (χ3v) is 4.98. The molecule has 0 radical (unpaired) electrons. The van der Waals surface area contributed by atoms with Crippen LogP contribution in [0.15, 0.2) is 29.2 Å². The van der Waals surface area contributed by atoms with Crippen LogP contribution in [0.2, 0.25) is 0 Å². The predicted molar refractivity (Wildman–Crippen MR) is 78.4 cm³/mol. The summed E-state index contributed by atoms with van der Waals surface area (Å²) in [5.74, 6) is 0.705. The third kappa shape index (κ3) is 4.19. The third-order valence-electron chi connectivity index (χ3n) is 3.55. The van der Waals surface area contributed by atoms with E-state index in [4.69, 9.17) is 4.74 Å². The van der Waals surface area contributed by atoms with Gasteiger partial charge in [0.2, 0.25) is 10.0 Å². The molecule has 1 aliphatic heterocycles. The van der Waals surface area contributed by atoms with Gasteiger partial charge in [0.25, 0.3) is 0 Å². The van der Waals surface area contributed by atoms with Crippen molar-refractivity contribution in [3.8, 4) is 5.75 Å². The lowest BCUT2D eigenvalue weighted by molar-refractivity contribution is 0.268. The fraction of sp³-hybridized carbons (Fsp3) is 0.571. The van der Waals surface area contributed by atoms with E-state index < -0.39 is 10.0 Å². The van der Waals surface area contributed by atoms with Gasteiger partial charge in [-0.25, -0.2) is 13.1 Å². The van der Waals surface area contributed by atoms with Crippen molar-refractivity contribution in [1.82, 2.24) is 10.0 Å². The highest BCUT2D eigenvalue weighted by atomic mass is 32.2. The van der Waals surface area contributed by atoms with E-state index in [0.29, 0.717) is 18.4 Å². The highest BCUT2D eigenvalue weighted by molar-refractivity contribution is 7.89. The van der Waals surface area contributed by atoms with Crippen molar-refractivity contribution in [1.29, 1.82) is 0 Å². The second-order valence-electron chi connectivity index (χ2n) is 4.96. The minimum absolute atomic E-state index is 0.251. The number of rotatable bonds is 6. The Hall–Kier alpha value is -1.11.